The predicted octanol–water partition coefficient (Wildman–Crippen LogP) is 7.89. The lowest BCUT2D eigenvalue weighted by Gasteiger charge is -2.48. The highest BCUT2D eigenvalue weighted by molar-refractivity contribution is 7.78. The van der Waals surface area contributed by atoms with Crippen LogP contribution in [-0.4, -0.2) is 28.9 Å². The zero-order valence-electron chi connectivity index (χ0n) is 17.8. The Balaban J connectivity index is 1.70. The molecule has 0 amide bonds. The Morgan fingerprint density at radius 2 is 1.04 bits per heavy atom. The van der Waals surface area contributed by atoms with Crippen molar-refractivity contribution in [2.24, 2.45) is 0 Å². The van der Waals surface area contributed by atoms with Crippen LogP contribution in [0.1, 0.15) is 107 Å². The first kappa shape index (κ1) is 20.6. The molecule has 0 unspecified atom stereocenters. The number of carbonyl (C=O) groups excluding carboxylic acids is 1. The first-order valence-corrected chi connectivity index (χ1v) is 14.4. The third kappa shape index (κ3) is 4.40. The number of ketones is 1. The fourth-order valence-electron chi connectivity index (χ4n) is 6.93. The third-order valence-electron chi connectivity index (χ3n) is 8.28. The summed E-state index contributed by atoms with van der Waals surface area (Å²) < 4.78 is 0. The molecule has 0 atom stereocenters. The van der Waals surface area contributed by atoms with Crippen molar-refractivity contribution >= 4 is 13.0 Å². The van der Waals surface area contributed by atoms with E-state index < -0.39 is 7.26 Å². The summed E-state index contributed by atoms with van der Waals surface area (Å²) in [6.07, 6.45) is 22.4. The lowest BCUT2D eigenvalue weighted by Crippen LogP contribution is -2.39. The predicted molar refractivity (Wildman–Crippen MR) is 123 cm³/mol. The molecule has 1 nitrogen and oxygen atoms in total. The Kier molecular flexibility index (Phi) is 7.27. The minimum absolute atomic E-state index is 0.482. The van der Waals surface area contributed by atoms with Crippen molar-refractivity contribution in [2.75, 3.05) is 6.16 Å². The molecule has 0 spiro atoms. The Hall–Kier alpha value is -0.680. The monoisotopic (exact) mass is 399 g/mol. The maximum atomic E-state index is 13.6. The largest absolute Gasteiger partial charge is 0.290 e. The summed E-state index contributed by atoms with van der Waals surface area (Å²) in [4.78, 5) is 13.6. The molecule has 0 aromatic heterocycles. The molecule has 28 heavy (non-hydrogen) atoms. The molecule has 0 bridgehead atoms. The molecule has 0 aliphatic heterocycles. The van der Waals surface area contributed by atoms with E-state index in [0.29, 0.717) is 5.78 Å². The second-order valence-corrected chi connectivity index (χ2v) is 14.3. The molecule has 154 valence electrons. The van der Waals surface area contributed by atoms with Gasteiger partial charge in [0.1, 0.15) is 6.16 Å². The van der Waals surface area contributed by atoms with Gasteiger partial charge < -0.3 is 0 Å². The summed E-state index contributed by atoms with van der Waals surface area (Å²) in [7, 11) is -1.29. The van der Waals surface area contributed by atoms with Crippen molar-refractivity contribution in [3.63, 3.8) is 0 Å². The van der Waals surface area contributed by atoms with E-state index in [0.717, 1.165) is 28.7 Å². The quantitative estimate of drug-likeness (QED) is 0.351. The second-order valence-electron chi connectivity index (χ2n) is 9.82. The molecule has 3 fully saturated rings. The highest BCUT2D eigenvalue weighted by Crippen LogP contribution is 2.77. The van der Waals surface area contributed by atoms with Crippen LogP contribution in [0.2, 0.25) is 0 Å². The third-order valence-corrected chi connectivity index (χ3v) is 14.7. The summed E-state index contributed by atoms with van der Waals surface area (Å²) in [5.41, 5.74) is 3.69. The van der Waals surface area contributed by atoms with E-state index >= 15 is 0 Å². The van der Waals surface area contributed by atoms with Gasteiger partial charge in [0.05, 0.1) is 17.0 Å². The van der Waals surface area contributed by atoms with Gasteiger partial charge in [0.25, 0.3) is 0 Å². The van der Waals surface area contributed by atoms with E-state index in [1.165, 1.54) is 96.3 Å². The molecule has 0 radical (unpaired) electrons. The summed E-state index contributed by atoms with van der Waals surface area (Å²) >= 11 is 0. The SMILES string of the molecule is O=C(C[P+](C1CCCCC1)(C1CCCCC1)C1CCCCC1)c1ccccc1. The maximum Gasteiger partial charge on any atom is 0.199 e. The molecule has 1 aromatic carbocycles. The number of hydrogen-bond donors (Lipinski definition) is 0. The Morgan fingerprint density at radius 3 is 1.43 bits per heavy atom. The van der Waals surface area contributed by atoms with Gasteiger partial charge in [0.15, 0.2) is 5.78 Å². The van der Waals surface area contributed by atoms with Gasteiger partial charge in [0, 0.05) is 12.8 Å². The number of rotatable bonds is 6. The average molecular weight is 400 g/mol. The number of hydrogen-bond acceptors (Lipinski definition) is 1. The van der Waals surface area contributed by atoms with E-state index in [1.54, 1.807) is 0 Å². The van der Waals surface area contributed by atoms with Crippen molar-refractivity contribution in [3.8, 4) is 0 Å². The highest BCUT2D eigenvalue weighted by atomic mass is 31.2. The molecule has 0 saturated heterocycles. The summed E-state index contributed by atoms with van der Waals surface area (Å²) in [5.74, 6) is 0.482. The number of Topliss-reactive ketones (excluding diaryl/α,β-unsaturated/α-hetero) is 1. The zero-order chi connectivity index (χ0) is 19.2. The van der Waals surface area contributed by atoms with E-state index in [1.807, 2.05) is 6.07 Å². The second kappa shape index (κ2) is 9.88. The molecule has 0 heterocycles. The average Bonchev–Trinajstić information content (AvgIpc) is 2.80. The maximum absolute atomic E-state index is 13.6. The highest BCUT2D eigenvalue weighted by Gasteiger charge is 2.57. The lowest BCUT2D eigenvalue weighted by molar-refractivity contribution is 0.101. The van der Waals surface area contributed by atoms with Gasteiger partial charge in [-0.25, -0.2) is 0 Å². The fraction of sp³-hybridized carbons (Fsp3) is 0.731. The van der Waals surface area contributed by atoms with Crippen molar-refractivity contribution in [1.29, 1.82) is 0 Å². The van der Waals surface area contributed by atoms with Crippen LogP contribution in [0.15, 0.2) is 30.3 Å². The molecule has 3 saturated carbocycles. The van der Waals surface area contributed by atoms with Crippen LogP contribution in [0.3, 0.4) is 0 Å². The summed E-state index contributed by atoms with van der Waals surface area (Å²) in [5, 5.41) is 0. The smallest absolute Gasteiger partial charge is 0.199 e. The van der Waals surface area contributed by atoms with Gasteiger partial charge in [-0.05, 0) is 77.0 Å². The lowest BCUT2D eigenvalue weighted by atomic mass is 9.99. The Bertz CT molecular complexity index is 561. The molecule has 3 aliphatic carbocycles. The van der Waals surface area contributed by atoms with Crippen molar-refractivity contribution in [2.45, 2.75) is 113 Å². The van der Waals surface area contributed by atoms with Crippen LogP contribution in [-0.2, 0) is 0 Å². The molecule has 0 N–H and O–H groups in total. The van der Waals surface area contributed by atoms with Gasteiger partial charge in [-0.3, -0.25) is 4.79 Å². The van der Waals surface area contributed by atoms with E-state index in [-0.39, 0.29) is 0 Å². The minimum Gasteiger partial charge on any atom is -0.290 e. The minimum atomic E-state index is -1.29. The van der Waals surface area contributed by atoms with Gasteiger partial charge in [-0.2, -0.15) is 0 Å². The van der Waals surface area contributed by atoms with Crippen LogP contribution in [0, 0.1) is 0 Å². The summed E-state index contributed by atoms with van der Waals surface area (Å²) in [6, 6.07) is 10.3. The van der Waals surface area contributed by atoms with Crippen LogP contribution in [0.4, 0.5) is 0 Å². The van der Waals surface area contributed by atoms with Gasteiger partial charge in [-0.1, -0.05) is 49.6 Å². The molecule has 3 aliphatic rings. The van der Waals surface area contributed by atoms with E-state index in [2.05, 4.69) is 24.3 Å². The van der Waals surface area contributed by atoms with E-state index in [9.17, 15) is 4.79 Å². The van der Waals surface area contributed by atoms with Crippen LogP contribution in [0.5, 0.6) is 0 Å². The van der Waals surface area contributed by atoms with Gasteiger partial charge >= 0.3 is 0 Å². The molecule has 4 rings (SSSR count). The van der Waals surface area contributed by atoms with Crippen molar-refractivity contribution in [3.05, 3.63) is 35.9 Å². The Morgan fingerprint density at radius 1 is 0.643 bits per heavy atom. The standard InChI is InChI=1S/C26H40OP/c27-26(22-13-5-1-6-14-22)21-28(23-15-7-2-8-16-23,24-17-9-3-10-18-24)25-19-11-4-12-20-25/h1,5-6,13-14,23-25H,2-4,7-12,15-21H2/q+1. The van der Waals surface area contributed by atoms with Gasteiger partial charge in [0.2, 0.25) is 0 Å². The normalized spacial score (nSPS) is 23.6. The Labute approximate surface area is 173 Å². The van der Waals surface area contributed by atoms with Crippen LogP contribution < -0.4 is 0 Å². The van der Waals surface area contributed by atoms with Crippen LogP contribution in [0.25, 0.3) is 0 Å². The zero-order valence-corrected chi connectivity index (χ0v) is 18.7. The summed E-state index contributed by atoms with van der Waals surface area (Å²) in [6.45, 7) is 0. The number of carbonyl (C=O) groups is 1. The van der Waals surface area contributed by atoms with Crippen LogP contribution >= 0.6 is 7.26 Å². The topological polar surface area (TPSA) is 17.1 Å². The molecular weight excluding hydrogens is 359 g/mol. The first-order valence-electron chi connectivity index (χ1n) is 12.3. The van der Waals surface area contributed by atoms with Gasteiger partial charge in [-0.15, -0.1) is 0 Å². The first-order chi connectivity index (χ1) is 13.8. The molecule has 1 aromatic rings. The molecular formula is C26H40OP+. The molecule has 2 heteroatoms. The fourth-order valence-corrected chi connectivity index (χ4v) is 14.2. The van der Waals surface area contributed by atoms with Crippen molar-refractivity contribution < 1.29 is 4.79 Å². The van der Waals surface area contributed by atoms with E-state index in [4.69, 9.17) is 0 Å². The van der Waals surface area contributed by atoms with Crippen molar-refractivity contribution in [1.82, 2.24) is 0 Å². The number of benzene rings is 1.